The van der Waals surface area contributed by atoms with Gasteiger partial charge < -0.3 is 0 Å². The summed E-state index contributed by atoms with van der Waals surface area (Å²) in [6, 6.07) is 0. The first-order chi connectivity index (χ1) is 3.66. The summed E-state index contributed by atoms with van der Waals surface area (Å²) in [6.07, 6.45) is 0. The molecule has 0 N–H and O–H groups in total. The molecule has 0 saturated carbocycles. The minimum Gasteiger partial charge on any atom is -0.299 e. The van der Waals surface area contributed by atoms with Crippen molar-refractivity contribution in [1.82, 2.24) is 4.90 Å². The predicted molar refractivity (Wildman–Crippen MR) is 41.1 cm³/mol. The molecule has 0 atom stereocenters. The van der Waals surface area contributed by atoms with E-state index < -0.39 is 0 Å². The summed E-state index contributed by atoms with van der Waals surface area (Å²) in [5.41, 5.74) is 0. The van der Waals surface area contributed by atoms with Crippen LogP contribution in [0.25, 0.3) is 0 Å². The Bertz CT molecular complexity index is 85.1. The molecule has 2 nitrogen and oxygen atoms in total. The summed E-state index contributed by atoms with van der Waals surface area (Å²) >= 11 is 0. The molecule has 3 heteroatoms. The topological polar surface area (TPSA) is 20.3 Å². The second-order valence-electron chi connectivity index (χ2n) is 2.03. The van der Waals surface area contributed by atoms with Gasteiger partial charge in [0.05, 0.1) is 6.54 Å². The van der Waals surface area contributed by atoms with Crippen molar-refractivity contribution in [3.05, 3.63) is 0 Å². The van der Waals surface area contributed by atoms with Gasteiger partial charge in [-0.2, -0.15) is 0 Å². The van der Waals surface area contributed by atoms with Crippen LogP contribution in [0.2, 0.25) is 0 Å². The van der Waals surface area contributed by atoms with Crippen molar-refractivity contribution in [3.63, 3.8) is 0 Å². The Morgan fingerprint density at radius 3 is 2.11 bits per heavy atom. The van der Waals surface area contributed by atoms with Crippen LogP contribution >= 0.6 is 12.4 Å². The molecule has 0 radical (unpaired) electrons. The molecule has 0 amide bonds. The second kappa shape index (κ2) is 6.05. The van der Waals surface area contributed by atoms with Crippen molar-refractivity contribution in [3.8, 4) is 0 Å². The number of carbonyl (C=O) groups excluding carboxylic acids is 1. The molecule has 0 aromatic heterocycles. The summed E-state index contributed by atoms with van der Waals surface area (Å²) < 4.78 is 0. The quantitative estimate of drug-likeness (QED) is 0.599. The lowest BCUT2D eigenvalue weighted by Crippen LogP contribution is -2.23. The molecule has 56 valence electrons. The van der Waals surface area contributed by atoms with Crippen molar-refractivity contribution < 1.29 is 4.79 Å². The van der Waals surface area contributed by atoms with E-state index >= 15 is 0 Å². The Hall–Kier alpha value is -0.0800. The fourth-order valence-electron chi connectivity index (χ4n) is 0.492. The Balaban J connectivity index is 0. The van der Waals surface area contributed by atoms with Gasteiger partial charge in [0.1, 0.15) is 5.78 Å². The number of hydrogen-bond donors (Lipinski definition) is 0. The Morgan fingerprint density at radius 2 is 2.00 bits per heavy atom. The zero-order valence-corrected chi connectivity index (χ0v) is 6.99. The van der Waals surface area contributed by atoms with E-state index in [-0.39, 0.29) is 18.2 Å². The van der Waals surface area contributed by atoms with Crippen LogP contribution in [-0.2, 0) is 4.79 Å². The number of hydrogen-bond acceptors (Lipinski definition) is 2. The summed E-state index contributed by atoms with van der Waals surface area (Å²) in [4.78, 5) is 12.3. The summed E-state index contributed by atoms with van der Waals surface area (Å²) in [6.45, 7) is 5.16. The number of Topliss-reactive ketones (excluding diaryl/α,β-unsaturated/α-hetero) is 1. The highest BCUT2D eigenvalue weighted by Crippen LogP contribution is 1.79. The number of carbonyl (C=O) groups is 1. The minimum absolute atomic E-state index is 0. The van der Waals surface area contributed by atoms with Gasteiger partial charge in [-0.05, 0) is 20.5 Å². The molecule has 0 spiro atoms. The first-order valence-corrected chi connectivity index (χ1v) is 2.84. The van der Waals surface area contributed by atoms with E-state index in [0.717, 1.165) is 6.54 Å². The molecule has 0 heterocycles. The average molecular weight is 152 g/mol. The lowest BCUT2D eigenvalue weighted by molar-refractivity contribution is -0.117. The zero-order valence-electron chi connectivity index (χ0n) is 6.18. The molecule has 0 aliphatic heterocycles. The van der Waals surface area contributed by atoms with Crippen LogP contribution in [0, 0.1) is 0 Å². The van der Waals surface area contributed by atoms with Gasteiger partial charge in [0.2, 0.25) is 0 Å². The number of ketones is 1. The lowest BCUT2D eigenvalue weighted by atomic mass is 10.4. The van der Waals surface area contributed by atoms with Crippen molar-refractivity contribution in [2.24, 2.45) is 0 Å². The molecule has 0 aliphatic rings. The van der Waals surface area contributed by atoms with Gasteiger partial charge in [-0.1, -0.05) is 6.92 Å². The maximum Gasteiger partial charge on any atom is 0.143 e. The van der Waals surface area contributed by atoms with E-state index in [1.54, 1.807) is 6.92 Å². The van der Waals surface area contributed by atoms with Gasteiger partial charge in [-0.15, -0.1) is 12.4 Å². The number of rotatable bonds is 3. The summed E-state index contributed by atoms with van der Waals surface area (Å²) in [5, 5.41) is 0. The standard InChI is InChI=1S/C6H13NO.ClH/c1-4-7(3)5-6(2)8;/h4-5H2,1-3H3;1H. The number of halogens is 1. The highest BCUT2D eigenvalue weighted by atomic mass is 35.5. The first kappa shape index (κ1) is 11.7. The van der Waals surface area contributed by atoms with E-state index in [2.05, 4.69) is 0 Å². The highest BCUT2D eigenvalue weighted by molar-refractivity contribution is 5.85. The molecule has 0 aromatic rings. The van der Waals surface area contributed by atoms with E-state index in [1.807, 2.05) is 18.9 Å². The molecular formula is C6H14ClNO. The molecule has 0 saturated heterocycles. The monoisotopic (exact) mass is 151 g/mol. The Kier molecular flexibility index (Phi) is 7.85. The molecule has 0 bridgehead atoms. The van der Waals surface area contributed by atoms with Gasteiger partial charge in [0.15, 0.2) is 0 Å². The second-order valence-corrected chi connectivity index (χ2v) is 2.03. The zero-order chi connectivity index (χ0) is 6.57. The molecule has 0 rings (SSSR count). The third-order valence-corrected chi connectivity index (χ3v) is 1.03. The van der Waals surface area contributed by atoms with Crippen LogP contribution in [-0.4, -0.2) is 30.8 Å². The molecule has 0 fully saturated rings. The largest absolute Gasteiger partial charge is 0.299 e. The minimum atomic E-state index is 0. The molecule has 9 heavy (non-hydrogen) atoms. The molecule has 0 aromatic carbocycles. The maximum absolute atomic E-state index is 10.4. The van der Waals surface area contributed by atoms with Gasteiger partial charge >= 0.3 is 0 Å². The van der Waals surface area contributed by atoms with Crippen molar-refractivity contribution >= 4 is 18.2 Å². The fourth-order valence-corrected chi connectivity index (χ4v) is 0.492. The fraction of sp³-hybridized carbons (Fsp3) is 0.833. The van der Waals surface area contributed by atoms with Crippen LogP contribution < -0.4 is 0 Å². The van der Waals surface area contributed by atoms with Crippen LogP contribution in [0.5, 0.6) is 0 Å². The van der Waals surface area contributed by atoms with E-state index in [4.69, 9.17) is 0 Å². The van der Waals surface area contributed by atoms with E-state index in [0.29, 0.717) is 6.54 Å². The van der Waals surface area contributed by atoms with Gasteiger partial charge in [0, 0.05) is 0 Å². The predicted octanol–water partition coefficient (Wildman–Crippen LogP) is 0.949. The van der Waals surface area contributed by atoms with Crippen LogP contribution in [0.1, 0.15) is 13.8 Å². The van der Waals surface area contributed by atoms with Gasteiger partial charge in [0.25, 0.3) is 0 Å². The maximum atomic E-state index is 10.4. The lowest BCUT2D eigenvalue weighted by Gasteiger charge is -2.09. The number of nitrogens with zero attached hydrogens (tertiary/aromatic N) is 1. The Morgan fingerprint density at radius 1 is 1.56 bits per heavy atom. The van der Waals surface area contributed by atoms with Crippen molar-refractivity contribution in [1.29, 1.82) is 0 Å². The summed E-state index contributed by atoms with van der Waals surface area (Å²) in [5.74, 6) is 0.231. The molecule has 0 unspecified atom stereocenters. The third kappa shape index (κ3) is 7.92. The van der Waals surface area contributed by atoms with Gasteiger partial charge in [-0.25, -0.2) is 0 Å². The van der Waals surface area contributed by atoms with Crippen LogP contribution in [0.4, 0.5) is 0 Å². The highest BCUT2D eigenvalue weighted by Gasteiger charge is 1.95. The van der Waals surface area contributed by atoms with Gasteiger partial charge in [-0.3, -0.25) is 9.69 Å². The summed E-state index contributed by atoms with van der Waals surface area (Å²) in [7, 11) is 1.93. The van der Waals surface area contributed by atoms with Crippen molar-refractivity contribution in [2.75, 3.05) is 20.1 Å². The van der Waals surface area contributed by atoms with E-state index in [1.165, 1.54) is 0 Å². The van der Waals surface area contributed by atoms with Crippen LogP contribution in [0.3, 0.4) is 0 Å². The average Bonchev–Trinajstić information content (AvgIpc) is 1.65. The van der Waals surface area contributed by atoms with E-state index in [9.17, 15) is 4.79 Å². The van der Waals surface area contributed by atoms with Crippen molar-refractivity contribution in [2.45, 2.75) is 13.8 Å². The number of likely N-dealkylation sites (N-methyl/N-ethyl adjacent to an activating group) is 1. The molecular weight excluding hydrogens is 138 g/mol. The third-order valence-electron chi connectivity index (χ3n) is 1.03. The smallest absolute Gasteiger partial charge is 0.143 e. The Labute approximate surface area is 62.6 Å². The first-order valence-electron chi connectivity index (χ1n) is 2.84. The normalized spacial score (nSPS) is 8.89. The molecule has 0 aliphatic carbocycles. The van der Waals surface area contributed by atoms with Crippen LogP contribution in [0.15, 0.2) is 0 Å². The SMILES string of the molecule is CCN(C)CC(C)=O.Cl.